The van der Waals surface area contributed by atoms with Crippen LogP contribution in [0.5, 0.6) is 5.75 Å². The van der Waals surface area contributed by atoms with Gasteiger partial charge in [-0.25, -0.2) is 23.2 Å². The number of para-hydroxylation sites is 1. The van der Waals surface area contributed by atoms with Crippen LogP contribution in [0, 0.1) is 0 Å². The first kappa shape index (κ1) is 40.3. The van der Waals surface area contributed by atoms with E-state index in [1.54, 1.807) is 54.6 Å². The number of benzene rings is 3. The molecule has 3 heterocycles. The molecule has 2 saturated heterocycles. The van der Waals surface area contributed by atoms with Crippen molar-refractivity contribution in [2.24, 2.45) is 5.50 Å². The maximum atomic E-state index is 14.7. The van der Waals surface area contributed by atoms with Crippen molar-refractivity contribution in [2.75, 3.05) is 18.5 Å². The van der Waals surface area contributed by atoms with Crippen molar-refractivity contribution in [3.63, 3.8) is 0 Å². The third-order valence-electron chi connectivity index (χ3n) is 7.03. The molecule has 1 amide bonds. The predicted molar refractivity (Wildman–Crippen MR) is 186 cm³/mol. The Balaban J connectivity index is 0.000000301. The lowest BCUT2D eigenvalue weighted by Gasteiger charge is -2.20. The van der Waals surface area contributed by atoms with Gasteiger partial charge in [0.15, 0.2) is 0 Å². The van der Waals surface area contributed by atoms with Gasteiger partial charge in [-0.15, -0.1) is 0 Å². The molecule has 15 nitrogen and oxygen atoms in total. The number of anilines is 1. The van der Waals surface area contributed by atoms with Gasteiger partial charge in [0.1, 0.15) is 24.8 Å². The van der Waals surface area contributed by atoms with Crippen LogP contribution in [0.1, 0.15) is 36.6 Å². The molecule has 0 aliphatic carbocycles. The Morgan fingerprint density at radius 1 is 0.943 bits per heavy atom. The number of cyclic esters (lactones) is 1. The maximum Gasteiger partial charge on any atom is 0.506 e. The Hall–Kier alpha value is -5.48. The van der Waals surface area contributed by atoms with Crippen molar-refractivity contribution < 1.29 is 56.3 Å². The number of halogens is 2. The molecule has 0 saturated carbocycles. The molecule has 53 heavy (non-hydrogen) atoms. The van der Waals surface area contributed by atoms with E-state index in [1.165, 1.54) is 6.07 Å². The number of carbonyl (C=O) groups is 3. The molecular weight excluding hydrogens is 721 g/mol. The SMILES string of the molecule is NP(OCC1CC(F)(F)C(n2ccc(NC(=O)OCc3ccccc3)nc2=O)O1)Oc1ccccc1.O=C(O)OCc1ccccc1.O=C1CCCO1. The van der Waals surface area contributed by atoms with Crippen LogP contribution in [-0.4, -0.2) is 58.1 Å². The fourth-order valence-electron chi connectivity index (χ4n) is 4.59. The highest BCUT2D eigenvalue weighted by molar-refractivity contribution is 7.44. The zero-order valence-corrected chi connectivity index (χ0v) is 29.0. The number of alkyl halides is 2. The number of rotatable bonds is 11. The third-order valence-corrected chi connectivity index (χ3v) is 7.82. The second-order valence-corrected chi connectivity index (χ2v) is 12.1. The molecule has 282 valence electrons. The van der Waals surface area contributed by atoms with Gasteiger partial charge in [-0.1, -0.05) is 78.9 Å². The minimum Gasteiger partial charge on any atom is -0.466 e. The molecule has 2 fully saturated rings. The number of carbonyl (C=O) groups excluding carboxylic acids is 2. The normalized spacial score (nSPS) is 17.5. The fourth-order valence-corrected chi connectivity index (χ4v) is 5.28. The second-order valence-electron chi connectivity index (χ2n) is 11.1. The maximum absolute atomic E-state index is 14.7. The average molecular weight is 759 g/mol. The first-order valence-electron chi connectivity index (χ1n) is 16.0. The van der Waals surface area contributed by atoms with Crippen molar-refractivity contribution >= 4 is 32.6 Å². The van der Waals surface area contributed by atoms with Gasteiger partial charge in [-0.3, -0.25) is 20.2 Å². The van der Waals surface area contributed by atoms with E-state index in [-0.39, 0.29) is 31.6 Å². The molecule has 3 unspecified atom stereocenters. The van der Waals surface area contributed by atoms with E-state index < -0.39 is 51.1 Å². The summed E-state index contributed by atoms with van der Waals surface area (Å²) in [5.74, 6) is -3.09. The van der Waals surface area contributed by atoms with E-state index in [0.29, 0.717) is 23.3 Å². The Labute approximate surface area is 303 Å². The lowest BCUT2D eigenvalue weighted by atomic mass is 10.2. The zero-order chi connectivity index (χ0) is 38.1. The van der Waals surface area contributed by atoms with Gasteiger partial charge in [0.2, 0.25) is 6.23 Å². The highest BCUT2D eigenvalue weighted by Crippen LogP contribution is 2.43. The monoisotopic (exact) mass is 758 g/mol. The summed E-state index contributed by atoms with van der Waals surface area (Å²) in [5, 5.41) is 10.4. The summed E-state index contributed by atoms with van der Waals surface area (Å²) in [6.07, 6.45) is -3.10. The smallest absolute Gasteiger partial charge is 0.466 e. The van der Waals surface area contributed by atoms with Crippen molar-refractivity contribution in [3.05, 3.63) is 125 Å². The van der Waals surface area contributed by atoms with E-state index in [0.717, 1.165) is 23.7 Å². The largest absolute Gasteiger partial charge is 0.506 e. The van der Waals surface area contributed by atoms with Crippen LogP contribution >= 0.6 is 8.53 Å². The average Bonchev–Trinajstić information content (AvgIpc) is 3.75. The quantitative estimate of drug-likeness (QED) is 0.0863. The van der Waals surface area contributed by atoms with Crippen molar-refractivity contribution in [1.82, 2.24) is 9.55 Å². The number of nitrogens with two attached hydrogens (primary N) is 1. The molecule has 2 aliphatic heterocycles. The third kappa shape index (κ3) is 14.2. The molecule has 4 N–H and O–H groups in total. The predicted octanol–water partition coefficient (Wildman–Crippen LogP) is 6.40. The van der Waals surface area contributed by atoms with E-state index in [2.05, 4.69) is 19.8 Å². The van der Waals surface area contributed by atoms with Gasteiger partial charge in [-0.2, -0.15) is 4.98 Å². The number of nitrogens with zero attached hydrogens (tertiary/aromatic N) is 2. The van der Waals surface area contributed by atoms with Crippen LogP contribution in [0.15, 0.2) is 108 Å². The van der Waals surface area contributed by atoms with Gasteiger partial charge >= 0.3 is 32.4 Å². The first-order chi connectivity index (χ1) is 25.5. The topological polar surface area (TPSA) is 200 Å². The molecule has 0 bridgehead atoms. The highest BCUT2D eigenvalue weighted by Gasteiger charge is 2.52. The Bertz CT molecular complexity index is 1800. The van der Waals surface area contributed by atoms with E-state index >= 15 is 0 Å². The minimum atomic E-state index is -3.37. The van der Waals surface area contributed by atoms with Crippen LogP contribution in [0.25, 0.3) is 0 Å². The summed E-state index contributed by atoms with van der Waals surface area (Å²) < 4.78 is 60.0. The summed E-state index contributed by atoms with van der Waals surface area (Å²) in [5.41, 5.74) is 6.39. The molecule has 1 aromatic heterocycles. The van der Waals surface area contributed by atoms with E-state index in [4.69, 9.17) is 29.1 Å². The Morgan fingerprint density at radius 3 is 2.08 bits per heavy atom. The lowest BCUT2D eigenvalue weighted by Crippen LogP contribution is -2.35. The van der Waals surface area contributed by atoms with E-state index in [9.17, 15) is 28.0 Å². The van der Waals surface area contributed by atoms with Crippen LogP contribution < -0.4 is 21.0 Å². The number of ether oxygens (including phenoxy) is 4. The van der Waals surface area contributed by atoms with Crippen molar-refractivity contribution in [1.29, 1.82) is 0 Å². The summed E-state index contributed by atoms with van der Waals surface area (Å²) in [4.78, 5) is 48.0. The van der Waals surface area contributed by atoms with E-state index in [1.807, 2.05) is 36.4 Å². The molecule has 18 heteroatoms. The van der Waals surface area contributed by atoms with Crippen LogP contribution in [-0.2, 0) is 41.5 Å². The van der Waals surface area contributed by atoms with Gasteiger partial charge in [0.05, 0.1) is 19.3 Å². The minimum absolute atomic E-state index is 0.0106. The number of amides is 1. The number of esters is 1. The number of hydrogen-bond donors (Lipinski definition) is 3. The Morgan fingerprint density at radius 2 is 1.55 bits per heavy atom. The van der Waals surface area contributed by atoms with Gasteiger partial charge in [-0.05, 0) is 35.7 Å². The molecule has 3 aromatic carbocycles. The van der Waals surface area contributed by atoms with Crippen LogP contribution in [0.3, 0.4) is 0 Å². The number of carboxylic acid groups (broad SMARTS) is 1. The molecule has 0 radical (unpaired) electrons. The fraction of sp³-hybridized carbons (Fsp3) is 0.286. The zero-order valence-electron chi connectivity index (χ0n) is 28.1. The van der Waals surface area contributed by atoms with Gasteiger partial charge < -0.3 is 33.1 Å². The second kappa shape index (κ2) is 20.5. The first-order valence-corrected chi connectivity index (χ1v) is 17.3. The highest BCUT2D eigenvalue weighted by atomic mass is 31.2. The molecular formula is C35H37F2N4O11P. The number of hydrogen-bond acceptors (Lipinski definition) is 12. The van der Waals surface area contributed by atoms with Gasteiger partial charge in [0, 0.05) is 19.0 Å². The Kier molecular flexibility index (Phi) is 15.6. The molecule has 4 aromatic rings. The number of nitrogens with one attached hydrogen (secondary N) is 1. The molecule has 3 atom stereocenters. The summed E-state index contributed by atoms with van der Waals surface area (Å²) >= 11 is 0. The van der Waals surface area contributed by atoms with Crippen LogP contribution in [0.4, 0.5) is 24.2 Å². The lowest BCUT2D eigenvalue weighted by molar-refractivity contribution is -0.137. The summed E-state index contributed by atoms with van der Waals surface area (Å²) in [6.45, 7) is 0.516. The molecule has 2 aliphatic rings. The summed E-state index contributed by atoms with van der Waals surface area (Å²) in [6, 6.07) is 28.0. The molecule has 6 rings (SSSR count). The van der Waals surface area contributed by atoms with Crippen molar-refractivity contribution in [3.8, 4) is 5.75 Å². The van der Waals surface area contributed by atoms with Crippen LogP contribution in [0.2, 0.25) is 0 Å². The summed E-state index contributed by atoms with van der Waals surface area (Å²) in [7, 11) is -1.87. The molecule has 0 spiro atoms. The van der Waals surface area contributed by atoms with Crippen molar-refractivity contribution in [2.45, 2.75) is 50.7 Å². The standard InChI is InChI=1S/C23H23F2N4O6P.C8H8O3.C4H6O2/c24-23(25)13-18(15-33-36(26)35-17-9-5-2-6-10-17)34-20(23)29-12-11-19(27-21(29)30)28-22(31)32-14-16-7-3-1-4-8-16;9-8(10)11-6-7-4-2-1-3-5-7;5-4-2-1-3-6-4/h1-12,18,20H,13-15,26H2,(H,27,28,30,31);1-5H,6H2,(H,9,10);1-3H2. The van der Waals surface area contributed by atoms with Gasteiger partial charge in [0.25, 0.3) is 5.92 Å². The number of aromatic nitrogens is 2.